The normalized spacial score (nSPS) is 21.6. The Hall–Kier alpha value is -0.610. The molecule has 18 heavy (non-hydrogen) atoms. The van der Waals surface area contributed by atoms with Gasteiger partial charge in [-0.1, -0.05) is 6.92 Å². The molecule has 1 saturated heterocycles. The van der Waals surface area contributed by atoms with Gasteiger partial charge in [-0.15, -0.1) is 0 Å². The number of carbonyl (C=O) groups excluding carboxylic acids is 1. The van der Waals surface area contributed by atoms with Gasteiger partial charge in [0.1, 0.15) is 0 Å². The van der Waals surface area contributed by atoms with E-state index < -0.39 is 0 Å². The predicted octanol–water partition coefficient (Wildman–Crippen LogP) is 1.83. The number of ether oxygens (including phenoxy) is 1. The zero-order chi connectivity index (χ0) is 13.2. The molecule has 1 fully saturated rings. The molecule has 0 aliphatic carbocycles. The van der Waals surface area contributed by atoms with Crippen LogP contribution in [0.2, 0.25) is 0 Å². The Balaban J connectivity index is 1.99. The van der Waals surface area contributed by atoms with Gasteiger partial charge >= 0.3 is 0 Å². The Labute approximate surface area is 111 Å². The van der Waals surface area contributed by atoms with Gasteiger partial charge in [-0.2, -0.15) is 0 Å². The predicted molar refractivity (Wildman–Crippen MR) is 73.3 cm³/mol. The summed E-state index contributed by atoms with van der Waals surface area (Å²) >= 11 is 0. The molecule has 0 radical (unpaired) electrons. The highest BCUT2D eigenvalue weighted by atomic mass is 16.5. The first-order valence-electron chi connectivity index (χ1n) is 7.30. The van der Waals surface area contributed by atoms with Gasteiger partial charge in [0.25, 0.3) is 0 Å². The van der Waals surface area contributed by atoms with Crippen LogP contribution in [0.1, 0.15) is 51.9 Å². The van der Waals surface area contributed by atoms with Crippen molar-refractivity contribution in [1.82, 2.24) is 5.32 Å². The molecule has 0 aromatic rings. The summed E-state index contributed by atoms with van der Waals surface area (Å²) in [5.41, 5.74) is 5.48. The summed E-state index contributed by atoms with van der Waals surface area (Å²) in [6.45, 7) is 4.49. The Bertz CT molecular complexity index is 228. The highest BCUT2D eigenvalue weighted by Crippen LogP contribution is 2.15. The van der Waals surface area contributed by atoms with Crippen LogP contribution in [-0.2, 0) is 9.53 Å². The van der Waals surface area contributed by atoms with Crippen LogP contribution in [0.5, 0.6) is 0 Å². The van der Waals surface area contributed by atoms with Crippen molar-refractivity contribution in [3.05, 3.63) is 0 Å². The van der Waals surface area contributed by atoms with Crippen molar-refractivity contribution in [2.75, 3.05) is 19.7 Å². The van der Waals surface area contributed by atoms with Gasteiger partial charge < -0.3 is 15.8 Å². The molecular weight excluding hydrogens is 228 g/mol. The molecule has 1 aliphatic heterocycles. The van der Waals surface area contributed by atoms with Crippen molar-refractivity contribution in [1.29, 1.82) is 0 Å². The van der Waals surface area contributed by atoms with E-state index in [1.54, 1.807) is 0 Å². The zero-order valence-electron chi connectivity index (χ0n) is 11.6. The summed E-state index contributed by atoms with van der Waals surface area (Å²) in [5.74, 6) is 0.706. The number of nitrogens with two attached hydrogens (primary N) is 1. The smallest absolute Gasteiger partial charge is 0.220 e. The lowest BCUT2D eigenvalue weighted by Crippen LogP contribution is -2.29. The van der Waals surface area contributed by atoms with E-state index in [-0.39, 0.29) is 5.91 Å². The van der Waals surface area contributed by atoms with E-state index >= 15 is 0 Å². The summed E-state index contributed by atoms with van der Waals surface area (Å²) in [4.78, 5) is 11.6. The number of amides is 1. The molecule has 0 aromatic heterocycles. The number of hydrogen-bond donors (Lipinski definition) is 2. The molecule has 2 atom stereocenters. The van der Waals surface area contributed by atoms with Crippen LogP contribution in [-0.4, -0.2) is 31.7 Å². The molecule has 4 nitrogen and oxygen atoms in total. The van der Waals surface area contributed by atoms with Crippen molar-refractivity contribution in [3.8, 4) is 0 Å². The molecule has 3 N–H and O–H groups in total. The lowest BCUT2D eigenvalue weighted by Gasteiger charge is -2.22. The summed E-state index contributed by atoms with van der Waals surface area (Å²) < 4.78 is 5.62. The van der Waals surface area contributed by atoms with Crippen molar-refractivity contribution < 1.29 is 9.53 Å². The molecule has 1 amide bonds. The van der Waals surface area contributed by atoms with Crippen LogP contribution >= 0.6 is 0 Å². The highest BCUT2D eigenvalue weighted by Gasteiger charge is 2.13. The second-order valence-corrected chi connectivity index (χ2v) is 5.35. The monoisotopic (exact) mass is 256 g/mol. The van der Waals surface area contributed by atoms with Crippen molar-refractivity contribution >= 4 is 5.91 Å². The largest absolute Gasteiger partial charge is 0.378 e. The van der Waals surface area contributed by atoms with E-state index in [1.807, 2.05) is 0 Å². The van der Waals surface area contributed by atoms with E-state index in [1.165, 1.54) is 12.8 Å². The minimum Gasteiger partial charge on any atom is -0.378 e. The van der Waals surface area contributed by atoms with Gasteiger partial charge in [-0.3, -0.25) is 4.79 Å². The molecule has 1 rings (SSSR count). The first-order chi connectivity index (χ1) is 8.72. The van der Waals surface area contributed by atoms with Crippen molar-refractivity contribution in [2.24, 2.45) is 11.7 Å². The molecule has 1 heterocycles. The number of rotatable bonds is 8. The summed E-state index contributed by atoms with van der Waals surface area (Å²) in [5, 5.41) is 2.98. The molecule has 4 heteroatoms. The number of hydrogen-bond acceptors (Lipinski definition) is 3. The van der Waals surface area contributed by atoms with Crippen LogP contribution < -0.4 is 11.1 Å². The molecule has 0 aromatic carbocycles. The number of carbonyl (C=O) groups is 1. The number of nitrogens with one attached hydrogen (secondary N) is 1. The van der Waals surface area contributed by atoms with E-state index in [9.17, 15) is 4.79 Å². The fourth-order valence-electron chi connectivity index (χ4n) is 2.30. The highest BCUT2D eigenvalue weighted by molar-refractivity contribution is 5.75. The fraction of sp³-hybridized carbons (Fsp3) is 0.929. The molecule has 2 unspecified atom stereocenters. The maximum Gasteiger partial charge on any atom is 0.220 e. The molecular formula is C14H28N2O2. The summed E-state index contributed by atoms with van der Waals surface area (Å²) in [6, 6.07) is 0. The average Bonchev–Trinajstić information content (AvgIpc) is 2.38. The van der Waals surface area contributed by atoms with Crippen LogP contribution in [0.4, 0.5) is 0 Å². The van der Waals surface area contributed by atoms with E-state index in [0.29, 0.717) is 25.0 Å². The summed E-state index contributed by atoms with van der Waals surface area (Å²) in [7, 11) is 0. The average molecular weight is 256 g/mol. The Kier molecular flexibility index (Phi) is 8.01. The third kappa shape index (κ3) is 6.97. The first kappa shape index (κ1) is 15.4. The van der Waals surface area contributed by atoms with Crippen LogP contribution in [0.3, 0.4) is 0 Å². The second kappa shape index (κ2) is 9.34. The second-order valence-electron chi connectivity index (χ2n) is 5.35. The molecule has 0 bridgehead atoms. The third-order valence-electron chi connectivity index (χ3n) is 3.59. The van der Waals surface area contributed by atoms with Crippen molar-refractivity contribution in [2.45, 2.75) is 58.0 Å². The first-order valence-corrected chi connectivity index (χ1v) is 7.30. The van der Waals surface area contributed by atoms with Gasteiger partial charge in [0.05, 0.1) is 6.10 Å². The van der Waals surface area contributed by atoms with E-state index in [0.717, 1.165) is 38.8 Å². The van der Waals surface area contributed by atoms with E-state index in [4.69, 9.17) is 10.5 Å². The maximum atomic E-state index is 11.6. The molecule has 0 spiro atoms. The Morgan fingerprint density at radius 2 is 2.28 bits per heavy atom. The lowest BCUT2D eigenvalue weighted by atomic mass is 10.0. The zero-order valence-corrected chi connectivity index (χ0v) is 11.6. The van der Waals surface area contributed by atoms with Gasteiger partial charge in [-0.25, -0.2) is 0 Å². The molecule has 106 valence electrons. The minimum atomic E-state index is 0.162. The van der Waals surface area contributed by atoms with Crippen LogP contribution in [0, 0.1) is 5.92 Å². The quantitative estimate of drug-likeness (QED) is 0.696. The fourth-order valence-corrected chi connectivity index (χ4v) is 2.30. The van der Waals surface area contributed by atoms with Gasteiger partial charge in [0.2, 0.25) is 5.91 Å². The van der Waals surface area contributed by atoms with Gasteiger partial charge in [0, 0.05) is 19.6 Å². The third-order valence-corrected chi connectivity index (χ3v) is 3.59. The Morgan fingerprint density at radius 1 is 1.44 bits per heavy atom. The van der Waals surface area contributed by atoms with Gasteiger partial charge in [-0.05, 0) is 51.0 Å². The van der Waals surface area contributed by atoms with Crippen LogP contribution in [0.15, 0.2) is 0 Å². The maximum absolute atomic E-state index is 11.6. The molecule has 1 aliphatic rings. The van der Waals surface area contributed by atoms with Crippen molar-refractivity contribution in [3.63, 3.8) is 0 Å². The topological polar surface area (TPSA) is 64.4 Å². The lowest BCUT2D eigenvalue weighted by molar-refractivity contribution is -0.121. The van der Waals surface area contributed by atoms with E-state index in [2.05, 4.69) is 12.2 Å². The van der Waals surface area contributed by atoms with Gasteiger partial charge in [0.15, 0.2) is 0 Å². The SMILES string of the molecule is CC(CCN)CCC(=O)NCCC1CCCCO1. The Morgan fingerprint density at radius 3 is 2.94 bits per heavy atom. The summed E-state index contributed by atoms with van der Waals surface area (Å²) in [6.07, 6.45) is 7.44. The standard InChI is InChI=1S/C14H28N2O2/c1-12(7-9-15)5-6-14(17)16-10-8-13-4-2-3-11-18-13/h12-13H,2-11,15H2,1H3,(H,16,17). The van der Waals surface area contributed by atoms with Crippen LogP contribution in [0.25, 0.3) is 0 Å². The minimum absolute atomic E-state index is 0.162. The molecule has 0 saturated carbocycles.